The predicted octanol–water partition coefficient (Wildman–Crippen LogP) is 2.76. The molecule has 172 valence electrons. The summed E-state index contributed by atoms with van der Waals surface area (Å²) in [4.78, 5) is 27.0. The van der Waals surface area contributed by atoms with Gasteiger partial charge < -0.3 is 20.1 Å². The van der Waals surface area contributed by atoms with Gasteiger partial charge in [-0.3, -0.25) is 4.79 Å². The zero-order valence-corrected chi connectivity index (χ0v) is 19.6. The lowest BCUT2D eigenvalue weighted by Gasteiger charge is -2.36. The Morgan fingerprint density at radius 3 is 2.19 bits per heavy atom. The molecule has 1 unspecified atom stereocenters. The van der Waals surface area contributed by atoms with Crippen LogP contribution in [0.3, 0.4) is 0 Å². The van der Waals surface area contributed by atoms with Gasteiger partial charge in [-0.15, -0.1) is 0 Å². The number of hydrogen-bond donors (Lipinski definition) is 2. The van der Waals surface area contributed by atoms with E-state index in [9.17, 15) is 23.5 Å². The highest BCUT2D eigenvalue weighted by atomic mass is 28.3. The zero-order chi connectivity index (χ0) is 23.6. The van der Waals surface area contributed by atoms with Gasteiger partial charge in [0.15, 0.2) is 5.78 Å². The number of amides is 2. The van der Waals surface area contributed by atoms with Gasteiger partial charge in [-0.2, -0.15) is 0 Å². The second-order valence-corrected chi connectivity index (χ2v) is 14.0. The molecule has 3 rings (SSSR count). The molecule has 0 aliphatic carbocycles. The minimum atomic E-state index is -2.24. The standard InChI is InChI=1S/C23H28F2N2O4Si/c1-31-17-7-5-15(6-8-17)21(26-23(30)27-12-16(28)13-27)20(29)11-14-9-18(24)22(19(25)10-14)32(2,3)4/h5-10,16,21,28H,11-13H2,1-4H3,(H,26,30). The fourth-order valence-electron chi connectivity index (χ4n) is 3.73. The van der Waals surface area contributed by atoms with E-state index in [0.717, 1.165) is 0 Å². The molecule has 2 aromatic rings. The second kappa shape index (κ2) is 9.38. The van der Waals surface area contributed by atoms with Gasteiger partial charge in [0.1, 0.15) is 23.4 Å². The van der Waals surface area contributed by atoms with E-state index in [1.54, 1.807) is 24.3 Å². The number of urea groups is 1. The van der Waals surface area contributed by atoms with Gasteiger partial charge in [0.05, 0.1) is 34.4 Å². The maximum Gasteiger partial charge on any atom is 0.318 e. The van der Waals surface area contributed by atoms with Crippen molar-refractivity contribution in [2.45, 2.75) is 38.2 Å². The van der Waals surface area contributed by atoms with Crippen LogP contribution in [0.1, 0.15) is 17.2 Å². The highest BCUT2D eigenvalue weighted by Crippen LogP contribution is 2.22. The molecule has 1 aliphatic heterocycles. The summed E-state index contributed by atoms with van der Waals surface area (Å²) < 4.78 is 34.4. The van der Waals surface area contributed by atoms with E-state index in [-0.39, 0.29) is 30.3 Å². The highest BCUT2D eigenvalue weighted by Gasteiger charge is 2.32. The number of aliphatic hydroxyl groups excluding tert-OH is 1. The first kappa shape index (κ1) is 23.9. The maximum absolute atomic E-state index is 14.6. The van der Waals surface area contributed by atoms with E-state index >= 15 is 0 Å². The van der Waals surface area contributed by atoms with Crippen molar-refractivity contribution in [1.82, 2.24) is 10.2 Å². The third kappa shape index (κ3) is 5.33. The van der Waals surface area contributed by atoms with Gasteiger partial charge in [-0.05, 0) is 35.4 Å². The van der Waals surface area contributed by atoms with Crippen LogP contribution >= 0.6 is 0 Å². The van der Waals surface area contributed by atoms with Crippen molar-refractivity contribution >= 4 is 25.1 Å². The number of nitrogens with zero attached hydrogens (tertiary/aromatic N) is 1. The summed E-state index contributed by atoms with van der Waals surface area (Å²) in [6, 6.07) is 7.53. The van der Waals surface area contributed by atoms with Gasteiger partial charge in [0.25, 0.3) is 0 Å². The van der Waals surface area contributed by atoms with Crippen molar-refractivity contribution in [2.24, 2.45) is 0 Å². The number of β-amino-alcohol motifs (C(OH)–C–C–N with tert-alkyl or cyclic N) is 1. The smallest absolute Gasteiger partial charge is 0.318 e. The summed E-state index contributed by atoms with van der Waals surface area (Å²) in [6.45, 7) is 5.91. The van der Waals surface area contributed by atoms with Crippen molar-refractivity contribution in [1.29, 1.82) is 0 Å². The van der Waals surface area contributed by atoms with Crippen molar-refractivity contribution in [3.05, 3.63) is 59.2 Å². The number of rotatable bonds is 7. The quantitative estimate of drug-likeness (QED) is 0.621. The average Bonchev–Trinajstić information content (AvgIpc) is 2.67. The van der Waals surface area contributed by atoms with Crippen molar-refractivity contribution in [3.8, 4) is 5.75 Å². The Morgan fingerprint density at radius 2 is 1.72 bits per heavy atom. The van der Waals surface area contributed by atoms with Crippen LogP contribution in [0, 0.1) is 11.6 Å². The molecule has 1 atom stereocenters. The first-order valence-electron chi connectivity index (χ1n) is 10.4. The first-order chi connectivity index (χ1) is 15.0. The molecule has 2 aromatic carbocycles. The summed E-state index contributed by atoms with van der Waals surface area (Å²) in [7, 11) is -0.721. The van der Waals surface area contributed by atoms with Gasteiger partial charge in [0, 0.05) is 11.6 Å². The third-order valence-electron chi connectivity index (χ3n) is 5.42. The molecule has 32 heavy (non-hydrogen) atoms. The number of ketones is 1. The highest BCUT2D eigenvalue weighted by molar-refractivity contribution is 6.88. The Hall–Kier alpha value is -2.78. The number of Topliss-reactive ketones (excluding diaryl/α,β-unsaturated/α-hetero) is 1. The van der Waals surface area contributed by atoms with E-state index in [1.165, 1.54) is 24.1 Å². The lowest BCUT2D eigenvalue weighted by Crippen LogP contribution is -2.57. The van der Waals surface area contributed by atoms with Crippen LogP contribution in [-0.2, 0) is 11.2 Å². The van der Waals surface area contributed by atoms with E-state index in [2.05, 4.69) is 5.32 Å². The number of ether oxygens (including phenoxy) is 1. The number of aliphatic hydroxyl groups is 1. The average molecular weight is 463 g/mol. The third-order valence-corrected chi connectivity index (χ3v) is 7.40. The summed E-state index contributed by atoms with van der Waals surface area (Å²) >= 11 is 0. The number of benzene rings is 2. The molecule has 9 heteroatoms. The largest absolute Gasteiger partial charge is 0.497 e. The summed E-state index contributed by atoms with van der Waals surface area (Å²) in [5, 5.41) is 12.2. The number of likely N-dealkylation sites (tertiary alicyclic amines) is 1. The van der Waals surface area contributed by atoms with Gasteiger partial charge in [0.2, 0.25) is 0 Å². The lowest BCUT2D eigenvalue weighted by atomic mass is 9.97. The predicted molar refractivity (Wildman–Crippen MR) is 120 cm³/mol. The molecular weight excluding hydrogens is 434 g/mol. The molecule has 0 bridgehead atoms. The second-order valence-electron chi connectivity index (χ2n) is 9.04. The Morgan fingerprint density at radius 1 is 1.16 bits per heavy atom. The van der Waals surface area contributed by atoms with Crippen LogP contribution < -0.4 is 15.2 Å². The monoisotopic (exact) mass is 462 g/mol. The number of carbonyl (C=O) groups excluding carboxylic acids is 2. The van der Waals surface area contributed by atoms with Gasteiger partial charge in [-0.1, -0.05) is 31.8 Å². The van der Waals surface area contributed by atoms with Crippen LogP contribution in [0.4, 0.5) is 13.6 Å². The fraction of sp³-hybridized carbons (Fsp3) is 0.391. The summed E-state index contributed by atoms with van der Waals surface area (Å²) in [5.74, 6) is -1.12. The van der Waals surface area contributed by atoms with Crippen LogP contribution in [0.25, 0.3) is 0 Å². The molecule has 0 radical (unpaired) electrons. The fourth-order valence-corrected chi connectivity index (χ4v) is 5.31. The van der Waals surface area contributed by atoms with Crippen molar-refractivity contribution < 1.29 is 28.2 Å². The Bertz CT molecular complexity index is 979. The molecule has 6 nitrogen and oxygen atoms in total. The Labute approximate surface area is 187 Å². The van der Waals surface area contributed by atoms with Crippen LogP contribution in [0.15, 0.2) is 36.4 Å². The minimum Gasteiger partial charge on any atom is -0.497 e. The van der Waals surface area contributed by atoms with Crippen molar-refractivity contribution in [2.75, 3.05) is 20.2 Å². The summed E-state index contributed by atoms with van der Waals surface area (Å²) in [5.41, 5.74) is 0.726. The lowest BCUT2D eigenvalue weighted by molar-refractivity contribution is -0.120. The number of hydrogen-bond acceptors (Lipinski definition) is 4. The summed E-state index contributed by atoms with van der Waals surface area (Å²) in [6.07, 6.45) is -0.828. The van der Waals surface area contributed by atoms with Gasteiger partial charge >= 0.3 is 6.03 Å². The number of nitrogens with one attached hydrogen (secondary N) is 1. The zero-order valence-electron chi connectivity index (χ0n) is 18.6. The number of carbonyl (C=O) groups is 2. The van der Waals surface area contributed by atoms with Crippen LogP contribution in [0.5, 0.6) is 5.75 Å². The normalized spacial score (nSPS) is 15.2. The van der Waals surface area contributed by atoms with E-state index < -0.39 is 43.7 Å². The Balaban J connectivity index is 1.85. The number of halogens is 2. The SMILES string of the molecule is COc1ccc(C(NC(=O)N2CC(O)C2)C(=O)Cc2cc(F)c([Si](C)(C)C)c(F)c2)cc1. The molecule has 0 spiro atoms. The molecule has 2 N–H and O–H groups in total. The maximum atomic E-state index is 14.6. The van der Waals surface area contributed by atoms with Crippen molar-refractivity contribution in [3.63, 3.8) is 0 Å². The van der Waals surface area contributed by atoms with E-state index in [0.29, 0.717) is 11.3 Å². The van der Waals surface area contributed by atoms with E-state index in [1.807, 2.05) is 19.6 Å². The Kier molecular flexibility index (Phi) is 6.99. The molecule has 2 amide bonds. The molecule has 1 aliphatic rings. The van der Waals surface area contributed by atoms with Gasteiger partial charge in [-0.25, -0.2) is 13.6 Å². The molecule has 1 fully saturated rings. The minimum absolute atomic E-state index is 0.102. The number of methoxy groups -OCH3 is 1. The first-order valence-corrected chi connectivity index (χ1v) is 13.9. The topological polar surface area (TPSA) is 78.9 Å². The van der Waals surface area contributed by atoms with Crippen LogP contribution in [0.2, 0.25) is 19.6 Å². The van der Waals surface area contributed by atoms with Crippen LogP contribution in [-0.4, -0.2) is 56.2 Å². The molecule has 0 aromatic heterocycles. The molecule has 1 saturated heterocycles. The van der Waals surface area contributed by atoms with E-state index in [4.69, 9.17) is 4.74 Å². The molecular formula is C23H28F2N2O4Si. The molecule has 1 heterocycles. The molecule has 0 saturated carbocycles.